The molecular formula is C71H112O6. The van der Waals surface area contributed by atoms with Crippen molar-refractivity contribution in [1.82, 2.24) is 0 Å². The highest BCUT2D eigenvalue weighted by Gasteiger charge is 2.19. The number of allylic oxidation sites excluding steroid dienone is 26. The SMILES string of the molecule is CC/C=C\C/C=C\C/C=C\C/C=C\C/C=C\C/C=C\C/C=C\C/C=C\C/C=C\C/C=C\CCCCC(=O)OCC(COC(=O)CCCCCCC/C=C\CCC)OC(=O)CCCCCCC/C=C\C/C=C\CCCCCC. The van der Waals surface area contributed by atoms with Crippen molar-refractivity contribution in [2.24, 2.45) is 0 Å². The van der Waals surface area contributed by atoms with E-state index >= 15 is 0 Å². The molecule has 0 heterocycles. The van der Waals surface area contributed by atoms with Crippen LogP contribution in [0.25, 0.3) is 0 Å². The number of unbranched alkanes of at least 4 members (excludes halogenated alkanes) is 17. The van der Waals surface area contributed by atoms with Crippen LogP contribution in [0.4, 0.5) is 0 Å². The van der Waals surface area contributed by atoms with E-state index in [2.05, 4.69) is 179 Å². The first-order valence-corrected chi connectivity index (χ1v) is 31.0. The molecule has 6 heteroatoms. The summed E-state index contributed by atoms with van der Waals surface area (Å²) in [6.07, 6.45) is 92.6. The summed E-state index contributed by atoms with van der Waals surface area (Å²) in [4.78, 5) is 38.1. The molecule has 0 saturated carbocycles. The van der Waals surface area contributed by atoms with Gasteiger partial charge in [0.15, 0.2) is 6.10 Å². The summed E-state index contributed by atoms with van der Waals surface area (Å²) in [5.74, 6) is -0.984. The molecule has 0 radical (unpaired) electrons. The molecule has 0 aliphatic heterocycles. The Kier molecular flexibility index (Phi) is 59.5. The predicted octanol–water partition coefficient (Wildman–Crippen LogP) is 21.3. The Balaban J connectivity index is 4.36. The van der Waals surface area contributed by atoms with E-state index in [-0.39, 0.29) is 31.1 Å². The van der Waals surface area contributed by atoms with Gasteiger partial charge in [0, 0.05) is 19.3 Å². The van der Waals surface area contributed by atoms with Crippen molar-refractivity contribution in [2.75, 3.05) is 13.2 Å². The van der Waals surface area contributed by atoms with E-state index in [0.29, 0.717) is 25.7 Å². The predicted molar refractivity (Wildman–Crippen MR) is 334 cm³/mol. The van der Waals surface area contributed by atoms with Gasteiger partial charge in [0.05, 0.1) is 0 Å². The molecular weight excluding hydrogens is 949 g/mol. The van der Waals surface area contributed by atoms with Crippen LogP contribution in [0.15, 0.2) is 158 Å². The fourth-order valence-corrected chi connectivity index (χ4v) is 7.85. The van der Waals surface area contributed by atoms with E-state index < -0.39 is 6.10 Å². The van der Waals surface area contributed by atoms with E-state index in [4.69, 9.17) is 14.2 Å². The molecule has 0 aromatic carbocycles. The van der Waals surface area contributed by atoms with Crippen molar-refractivity contribution in [1.29, 1.82) is 0 Å². The number of hydrogen-bond acceptors (Lipinski definition) is 6. The normalized spacial score (nSPS) is 13.2. The van der Waals surface area contributed by atoms with Gasteiger partial charge in [-0.3, -0.25) is 14.4 Å². The third kappa shape index (κ3) is 61.8. The van der Waals surface area contributed by atoms with Crippen LogP contribution in [0.5, 0.6) is 0 Å². The molecule has 0 aromatic rings. The van der Waals surface area contributed by atoms with Crippen LogP contribution in [0.2, 0.25) is 0 Å². The number of carbonyl (C=O) groups is 3. The van der Waals surface area contributed by atoms with Crippen LogP contribution in [0, 0.1) is 0 Å². The number of rotatable bonds is 54. The van der Waals surface area contributed by atoms with Gasteiger partial charge in [-0.1, -0.05) is 243 Å². The van der Waals surface area contributed by atoms with Gasteiger partial charge in [-0.05, 0) is 148 Å². The maximum atomic E-state index is 12.8. The molecule has 77 heavy (non-hydrogen) atoms. The van der Waals surface area contributed by atoms with Crippen molar-refractivity contribution in [3.63, 3.8) is 0 Å². The molecule has 0 aliphatic carbocycles. The highest BCUT2D eigenvalue weighted by Crippen LogP contribution is 2.13. The molecule has 1 atom stereocenters. The summed E-state index contributed by atoms with van der Waals surface area (Å²) < 4.78 is 16.8. The Bertz CT molecular complexity index is 1740. The molecule has 0 amide bonds. The van der Waals surface area contributed by atoms with Gasteiger partial charge in [-0.15, -0.1) is 0 Å². The standard InChI is InChI=1S/C71H112O6/c1-4-7-10-13-16-19-22-24-26-28-29-30-31-32-33-34-35-36-37-38-39-40-41-42-43-44-46-47-49-52-55-58-61-64-70(73)76-67-68(66-75-69(72)63-60-57-54-51-21-18-15-12-9-6-3)77-71(74)65-62-59-56-53-50-48-45-27-25-23-20-17-14-11-8-5-2/h7,10,12,15-16,19-20,23-24,26-27,29-30,32-33,35-36,38-39,41-42,44-46,49,52,68H,4-6,8-9,11,13-14,17-18,21-22,25,28,31,34,37,40,43,47-48,50-51,53-67H2,1-3H3/b10-7-,15-12-,19-16-,23-20-,26-24-,30-29-,33-32-,36-35-,39-38-,42-41-,45-27-,46-44-,52-49-. The van der Waals surface area contributed by atoms with Crippen molar-refractivity contribution in [3.05, 3.63) is 158 Å². The second-order valence-electron chi connectivity index (χ2n) is 19.9. The first-order chi connectivity index (χ1) is 38.0. The molecule has 6 nitrogen and oxygen atoms in total. The molecule has 1 unspecified atom stereocenters. The quantitative estimate of drug-likeness (QED) is 0.0261. The minimum atomic E-state index is -0.813. The molecule has 0 fully saturated rings. The zero-order chi connectivity index (χ0) is 55.7. The molecule has 0 rings (SSSR count). The minimum absolute atomic E-state index is 0.108. The Hall–Kier alpha value is -4.97. The summed E-state index contributed by atoms with van der Waals surface area (Å²) in [7, 11) is 0. The summed E-state index contributed by atoms with van der Waals surface area (Å²) in [6, 6.07) is 0. The summed E-state index contributed by atoms with van der Waals surface area (Å²) >= 11 is 0. The maximum absolute atomic E-state index is 12.8. The lowest BCUT2D eigenvalue weighted by Gasteiger charge is -2.18. The second kappa shape index (κ2) is 63.6. The van der Waals surface area contributed by atoms with Gasteiger partial charge in [0.25, 0.3) is 0 Å². The van der Waals surface area contributed by atoms with E-state index in [0.717, 1.165) is 161 Å². The van der Waals surface area contributed by atoms with Crippen LogP contribution in [-0.2, 0) is 28.6 Å². The van der Waals surface area contributed by atoms with Crippen LogP contribution >= 0.6 is 0 Å². The lowest BCUT2D eigenvalue weighted by molar-refractivity contribution is -0.167. The average molecular weight is 1060 g/mol. The fraction of sp³-hybridized carbons (Fsp3) is 0.592. The average Bonchev–Trinajstić information content (AvgIpc) is 3.43. The van der Waals surface area contributed by atoms with Crippen molar-refractivity contribution < 1.29 is 28.6 Å². The first-order valence-electron chi connectivity index (χ1n) is 31.0. The molecule has 0 aromatic heterocycles. The third-order valence-corrected chi connectivity index (χ3v) is 12.5. The smallest absolute Gasteiger partial charge is 0.306 e. The Morgan fingerprint density at radius 1 is 0.273 bits per heavy atom. The molecule has 0 spiro atoms. The Morgan fingerprint density at radius 3 is 0.883 bits per heavy atom. The number of hydrogen-bond donors (Lipinski definition) is 0. The minimum Gasteiger partial charge on any atom is -0.462 e. The highest BCUT2D eigenvalue weighted by molar-refractivity contribution is 5.71. The third-order valence-electron chi connectivity index (χ3n) is 12.5. The van der Waals surface area contributed by atoms with Gasteiger partial charge >= 0.3 is 17.9 Å². The van der Waals surface area contributed by atoms with Gasteiger partial charge in [-0.25, -0.2) is 0 Å². The topological polar surface area (TPSA) is 78.9 Å². The van der Waals surface area contributed by atoms with Crippen molar-refractivity contribution in [2.45, 2.75) is 258 Å². The molecule has 0 saturated heterocycles. The number of ether oxygens (including phenoxy) is 3. The van der Waals surface area contributed by atoms with Gasteiger partial charge in [-0.2, -0.15) is 0 Å². The molecule has 0 N–H and O–H groups in total. The van der Waals surface area contributed by atoms with Gasteiger partial charge in [0.2, 0.25) is 0 Å². The van der Waals surface area contributed by atoms with Crippen molar-refractivity contribution >= 4 is 17.9 Å². The van der Waals surface area contributed by atoms with Crippen LogP contribution in [0.1, 0.15) is 252 Å². The molecule has 432 valence electrons. The van der Waals surface area contributed by atoms with Gasteiger partial charge < -0.3 is 14.2 Å². The fourth-order valence-electron chi connectivity index (χ4n) is 7.85. The van der Waals surface area contributed by atoms with Crippen LogP contribution < -0.4 is 0 Å². The van der Waals surface area contributed by atoms with E-state index in [9.17, 15) is 14.4 Å². The zero-order valence-corrected chi connectivity index (χ0v) is 49.4. The van der Waals surface area contributed by atoms with Crippen molar-refractivity contribution in [3.8, 4) is 0 Å². The lowest BCUT2D eigenvalue weighted by Crippen LogP contribution is -2.30. The number of esters is 3. The first kappa shape index (κ1) is 72.0. The lowest BCUT2D eigenvalue weighted by atomic mass is 10.1. The maximum Gasteiger partial charge on any atom is 0.306 e. The van der Waals surface area contributed by atoms with Gasteiger partial charge in [0.1, 0.15) is 13.2 Å². The monoisotopic (exact) mass is 1060 g/mol. The summed E-state index contributed by atoms with van der Waals surface area (Å²) in [6.45, 7) is 6.38. The molecule has 0 bridgehead atoms. The Morgan fingerprint density at radius 2 is 0.532 bits per heavy atom. The largest absolute Gasteiger partial charge is 0.462 e. The van der Waals surface area contributed by atoms with Crippen LogP contribution in [-0.4, -0.2) is 37.2 Å². The Labute approximate surface area is 473 Å². The van der Waals surface area contributed by atoms with Crippen LogP contribution in [0.3, 0.4) is 0 Å². The van der Waals surface area contributed by atoms with E-state index in [1.165, 1.54) is 44.9 Å². The second-order valence-corrected chi connectivity index (χ2v) is 19.9. The summed E-state index contributed by atoms with van der Waals surface area (Å²) in [5.41, 5.74) is 0. The molecule has 0 aliphatic rings. The van der Waals surface area contributed by atoms with E-state index in [1.54, 1.807) is 0 Å². The summed E-state index contributed by atoms with van der Waals surface area (Å²) in [5, 5.41) is 0. The highest BCUT2D eigenvalue weighted by atomic mass is 16.6. The van der Waals surface area contributed by atoms with E-state index in [1.807, 2.05) is 0 Å². The zero-order valence-electron chi connectivity index (χ0n) is 49.4. The number of carbonyl (C=O) groups excluding carboxylic acids is 3.